The highest BCUT2D eigenvalue weighted by Gasteiger charge is 2.08. The minimum absolute atomic E-state index is 0.306. The Morgan fingerprint density at radius 2 is 2.09 bits per heavy atom. The topological polar surface area (TPSA) is 89.1 Å². The number of aromatic amines is 1. The van der Waals surface area contributed by atoms with Gasteiger partial charge in [0.2, 0.25) is 11.8 Å². The average Bonchev–Trinajstić information content (AvgIpc) is 2.96. The van der Waals surface area contributed by atoms with E-state index in [4.69, 9.17) is 9.47 Å². The maximum atomic E-state index is 11.4. The molecule has 0 spiro atoms. The number of amides is 1. The smallest absolute Gasteiger partial charge is 0.413 e. The molecule has 2 N–H and O–H groups in total. The fourth-order valence-electron chi connectivity index (χ4n) is 2.18. The van der Waals surface area contributed by atoms with Crippen molar-refractivity contribution in [3.63, 3.8) is 0 Å². The van der Waals surface area contributed by atoms with Crippen LogP contribution in [0.2, 0.25) is 0 Å². The summed E-state index contributed by atoms with van der Waals surface area (Å²) in [6.07, 6.45) is 1.20. The summed E-state index contributed by atoms with van der Waals surface area (Å²) in [6, 6.07) is 9.51. The molecule has 1 amide bonds. The summed E-state index contributed by atoms with van der Waals surface area (Å²) < 4.78 is 9.88. The number of nitrogens with one attached hydrogen (secondary N) is 2. The van der Waals surface area contributed by atoms with Crippen LogP contribution in [-0.4, -0.2) is 34.8 Å². The van der Waals surface area contributed by atoms with Crippen molar-refractivity contribution >= 4 is 23.1 Å². The standard InChI is InChI=1S/C16H16N4O3/c1-3-23-16(21)20-15-18-12-6-4-10(8-13(12)19-15)11-5-7-14(22-2)17-9-11/h4-9H,3H2,1-2H3,(H2,18,19,20,21). The van der Waals surface area contributed by atoms with E-state index in [0.29, 0.717) is 18.4 Å². The van der Waals surface area contributed by atoms with E-state index in [9.17, 15) is 4.79 Å². The summed E-state index contributed by atoms with van der Waals surface area (Å²) in [7, 11) is 1.58. The molecule has 0 fully saturated rings. The first-order chi connectivity index (χ1) is 11.2. The molecule has 0 radical (unpaired) electrons. The molecule has 0 aliphatic carbocycles. The summed E-state index contributed by atoms with van der Waals surface area (Å²) in [5.74, 6) is 0.916. The fourth-order valence-corrected chi connectivity index (χ4v) is 2.18. The number of methoxy groups -OCH3 is 1. The Labute approximate surface area is 132 Å². The van der Waals surface area contributed by atoms with Crippen molar-refractivity contribution in [2.75, 3.05) is 19.0 Å². The number of fused-ring (bicyclic) bond motifs is 1. The van der Waals surface area contributed by atoms with Gasteiger partial charge in [-0.25, -0.2) is 14.8 Å². The van der Waals surface area contributed by atoms with Crippen molar-refractivity contribution in [2.45, 2.75) is 6.92 Å². The predicted octanol–water partition coefficient (Wildman–Crippen LogP) is 3.20. The lowest BCUT2D eigenvalue weighted by Gasteiger charge is -2.02. The summed E-state index contributed by atoms with van der Waals surface area (Å²) in [6.45, 7) is 2.05. The number of nitrogens with zero attached hydrogens (tertiary/aromatic N) is 2. The second kappa shape index (κ2) is 6.35. The van der Waals surface area contributed by atoms with Crippen LogP contribution in [-0.2, 0) is 4.74 Å². The average molecular weight is 312 g/mol. The van der Waals surface area contributed by atoms with Crippen LogP contribution < -0.4 is 10.1 Å². The molecule has 3 aromatic rings. The first kappa shape index (κ1) is 14.8. The van der Waals surface area contributed by atoms with Gasteiger partial charge in [-0.3, -0.25) is 5.32 Å². The number of anilines is 1. The number of hydrogen-bond donors (Lipinski definition) is 2. The monoisotopic (exact) mass is 312 g/mol. The van der Waals surface area contributed by atoms with Crippen LogP contribution >= 0.6 is 0 Å². The van der Waals surface area contributed by atoms with E-state index in [-0.39, 0.29) is 0 Å². The Hall–Kier alpha value is -3.09. The lowest BCUT2D eigenvalue weighted by atomic mass is 10.1. The van der Waals surface area contributed by atoms with E-state index >= 15 is 0 Å². The molecule has 0 unspecified atom stereocenters. The van der Waals surface area contributed by atoms with Crippen molar-refractivity contribution in [3.8, 4) is 17.0 Å². The van der Waals surface area contributed by atoms with Gasteiger partial charge in [-0.1, -0.05) is 6.07 Å². The molecule has 23 heavy (non-hydrogen) atoms. The molecule has 7 heteroatoms. The summed E-state index contributed by atoms with van der Waals surface area (Å²) in [5.41, 5.74) is 3.49. The number of carbonyl (C=O) groups excluding carboxylic acids is 1. The largest absolute Gasteiger partial charge is 0.481 e. The quantitative estimate of drug-likeness (QED) is 0.772. The molecule has 0 bridgehead atoms. The predicted molar refractivity (Wildman–Crippen MR) is 86.5 cm³/mol. The van der Waals surface area contributed by atoms with E-state index in [2.05, 4.69) is 20.3 Å². The number of imidazole rings is 1. The summed E-state index contributed by atoms with van der Waals surface area (Å²) >= 11 is 0. The lowest BCUT2D eigenvalue weighted by molar-refractivity contribution is 0.167. The maximum absolute atomic E-state index is 11.4. The Kier molecular flexibility index (Phi) is 4.09. The number of hydrogen-bond acceptors (Lipinski definition) is 5. The number of benzene rings is 1. The zero-order valence-corrected chi connectivity index (χ0v) is 12.8. The Morgan fingerprint density at radius 3 is 2.78 bits per heavy atom. The molecule has 0 atom stereocenters. The summed E-state index contributed by atoms with van der Waals surface area (Å²) in [4.78, 5) is 23.0. The molecule has 0 saturated carbocycles. The van der Waals surface area contributed by atoms with Crippen molar-refractivity contribution < 1.29 is 14.3 Å². The molecule has 3 rings (SSSR count). The number of pyridine rings is 1. The van der Waals surface area contributed by atoms with Crippen LogP contribution in [0.15, 0.2) is 36.5 Å². The van der Waals surface area contributed by atoms with E-state index < -0.39 is 6.09 Å². The molecule has 7 nitrogen and oxygen atoms in total. The highest BCUT2D eigenvalue weighted by Crippen LogP contribution is 2.24. The number of H-pyrrole nitrogens is 1. The van der Waals surface area contributed by atoms with Gasteiger partial charge in [0.25, 0.3) is 0 Å². The van der Waals surface area contributed by atoms with Crippen LogP contribution in [0.5, 0.6) is 5.88 Å². The number of rotatable bonds is 4. The third kappa shape index (κ3) is 3.23. The lowest BCUT2D eigenvalue weighted by Crippen LogP contribution is -2.14. The number of aromatic nitrogens is 3. The van der Waals surface area contributed by atoms with Crippen molar-refractivity contribution in [2.24, 2.45) is 0 Å². The molecule has 2 heterocycles. The Bertz CT molecular complexity index is 827. The fraction of sp³-hybridized carbons (Fsp3) is 0.188. The Morgan fingerprint density at radius 1 is 1.26 bits per heavy atom. The van der Waals surface area contributed by atoms with Gasteiger partial charge in [-0.05, 0) is 30.7 Å². The minimum atomic E-state index is -0.536. The van der Waals surface area contributed by atoms with Gasteiger partial charge in [0.15, 0.2) is 0 Å². The first-order valence-electron chi connectivity index (χ1n) is 7.13. The molecular weight excluding hydrogens is 296 g/mol. The van der Waals surface area contributed by atoms with Crippen LogP contribution in [0.4, 0.5) is 10.7 Å². The van der Waals surface area contributed by atoms with Gasteiger partial charge in [0, 0.05) is 17.8 Å². The van der Waals surface area contributed by atoms with Crippen LogP contribution in [0.3, 0.4) is 0 Å². The van der Waals surface area contributed by atoms with E-state index in [1.165, 1.54) is 0 Å². The molecular formula is C16H16N4O3. The molecule has 0 saturated heterocycles. The van der Waals surface area contributed by atoms with Gasteiger partial charge >= 0.3 is 6.09 Å². The van der Waals surface area contributed by atoms with Crippen molar-refractivity contribution in [1.82, 2.24) is 15.0 Å². The zero-order valence-electron chi connectivity index (χ0n) is 12.8. The highest BCUT2D eigenvalue weighted by molar-refractivity contribution is 5.88. The van der Waals surface area contributed by atoms with Gasteiger partial charge in [0.1, 0.15) is 0 Å². The molecule has 1 aromatic carbocycles. The third-order valence-electron chi connectivity index (χ3n) is 3.26. The number of ether oxygens (including phenoxy) is 2. The van der Waals surface area contributed by atoms with Crippen LogP contribution in [0.25, 0.3) is 22.2 Å². The SMILES string of the molecule is CCOC(=O)Nc1nc2cc(-c3ccc(OC)nc3)ccc2[nH]1. The van der Waals surface area contributed by atoms with Gasteiger partial charge < -0.3 is 14.5 Å². The Balaban J connectivity index is 1.87. The van der Waals surface area contributed by atoms with Crippen molar-refractivity contribution in [1.29, 1.82) is 0 Å². The zero-order chi connectivity index (χ0) is 16.2. The third-order valence-corrected chi connectivity index (χ3v) is 3.26. The molecule has 2 aromatic heterocycles. The normalized spacial score (nSPS) is 10.5. The van der Waals surface area contributed by atoms with Gasteiger partial charge in [-0.15, -0.1) is 0 Å². The van der Waals surface area contributed by atoms with Gasteiger partial charge in [0.05, 0.1) is 24.8 Å². The molecule has 0 aliphatic heterocycles. The van der Waals surface area contributed by atoms with E-state index in [1.807, 2.05) is 24.3 Å². The highest BCUT2D eigenvalue weighted by atomic mass is 16.5. The summed E-state index contributed by atoms with van der Waals surface area (Å²) in [5, 5.41) is 2.55. The first-order valence-corrected chi connectivity index (χ1v) is 7.13. The van der Waals surface area contributed by atoms with E-state index in [0.717, 1.165) is 22.2 Å². The van der Waals surface area contributed by atoms with Crippen LogP contribution in [0.1, 0.15) is 6.92 Å². The van der Waals surface area contributed by atoms with Gasteiger partial charge in [-0.2, -0.15) is 0 Å². The van der Waals surface area contributed by atoms with Crippen LogP contribution in [0, 0.1) is 0 Å². The molecule has 118 valence electrons. The number of carbonyl (C=O) groups is 1. The van der Waals surface area contributed by atoms with E-state index in [1.54, 1.807) is 26.3 Å². The maximum Gasteiger partial charge on any atom is 0.413 e. The van der Waals surface area contributed by atoms with Crippen molar-refractivity contribution in [3.05, 3.63) is 36.5 Å². The molecule has 0 aliphatic rings. The second-order valence-electron chi connectivity index (χ2n) is 4.75. The second-order valence-corrected chi connectivity index (χ2v) is 4.75. The minimum Gasteiger partial charge on any atom is -0.481 e.